The largest absolute Gasteiger partial charge is 0.490 e. The molecule has 0 saturated carbocycles. The Morgan fingerprint density at radius 2 is 1.88 bits per heavy atom. The summed E-state index contributed by atoms with van der Waals surface area (Å²) in [5.41, 5.74) is -0.207. The van der Waals surface area contributed by atoms with E-state index >= 15 is 0 Å². The molecule has 0 radical (unpaired) electrons. The van der Waals surface area contributed by atoms with Crippen molar-refractivity contribution in [3.05, 3.63) is 41.5 Å². The molecule has 1 aromatic rings. The number of carbonyl (C=O) groups excluding carboxylic acids is 1. The van der Waals surface area contributed by atoms with Gasteiger partial charge in [0.25, 0.3) is 0 Å². The van der Waals surface area contributed by atoms with Crippen molar-refractivity contribution in [1.82, 2.24) is 0 Å². The molecule has 0 saturated heterocycles. The molecule has 0 aliphatic carbocycles. The van der Waals surface area contributed by atoms with Crippen LogP contribution in [0.1, 0.15) is 12.5 Å². The number of rotatable bonds is 4. The summed E-state index contributed by atoms with van der Waals surface area (Å²) < 4.78 is 41.8. The van der Waals surface area contributed by atoms with Crippen LogP contribution in [0.2, 0.25) is 0 Å². The summed E-state index contributed by atoms with van der Waals surface area (Å²) in [6.07, 6.45) is -2.12. The predicted molar refractivity (Wildman–Crippen MR) is 56.8 cm³/mol. The molecule has 92 valence electrons. The summed E-state index contributed by atoms with van der Waals surface area (Å²) in [6, 6.07) is 4.39. The molecule has 0 spiro atoms. The van der Waals surface area contributed by atoms with Gasteiger partial charge >= 0.3 is 6.18 Å². The molecular weight excluding hydrogens is 233 g/mol. The van der Waals surface area contributed by atoms with Gasteiger partial charge < -0.3 is 4.74 Å². The van der Waals surface area contributed by atoms with Gasteiger partial charge in [-0.3, -0.25) is 4.79 Å². The van der Waals surface area contributed by atoms with E-state index in [9.17, 15) is 18.0 Å². The summed E-state index contributed by atoms with van der Waals surface area (Å²) >= 11 is 0. The van der Waals surface area contributed by atoms with Crippen LogP contribution in [0, 0.1) is 0 Å². The van der Waals surface area contributed by atoms with Gasteiger partial charge in [0, 0.05) is 0 Å². The van der Waals surface area contributed by atoms with Crippen molar-refractivity contribution in [2.24, 2.45) is 0 Å². The van der Waals surface area contributed by atoms with Gasteiger partial charge in [-0.05, 0) is 42.8 Å². The van der Waals surface area contributed by atoms with Crippen LogP contribution in [0.4, 0.5) is 13.2 Å². The second kappa shape index (κ2) is 5.52. The number of hydrogen-bond acceptors (Lipinski definition) is 2. The molecule has 1 rings (SSSR count). The van der Waals surface area contributed by atoms with Crippen molar-refractivity contribution >= 4 is 6.29 Å². The molecule has 1 aromatic carbocycles. The molecule has 0 amide bonds. The van der Waals surface area contributed by atoms with E-state index < -0.39 is 11.7 Å². The zero-order valence-corrected chi connectivity index (χ0v) is 9.12. The van der Waals surface area contributed by atoms with E-state index in [1.165, 1.54) is 12.1 Å². The number of alkyl halides is 3. The van der Waals surface area contributed by atoms with Crippen molar-refractivity contribution in [2.45, 2.75) is 13.1 Å². The fraction of sp³-hybridized carbons (Fsp3) is 0.250. The third-order valence-corrected chi connectivity index (χ3v) is 2.02. The van der Waals surface area contributed by atoms with E-state index in [0.717, 1.165) is 12.1 Å². The van der Waals surface area contributed by atoms with Crippen LogP contribution in [-0.2, 0) is 11.0 Å². The van der Waals surface area contributed by atoms with Gasteiger partial charge in [-0.2, -0.15) is 13.2 Å². The highest BCUT2D eigenvalue weighted by molar-refractivity contribution is 5.71. The number of benzene rings is 1. The lowest BCUT2D eigenvalue weighted by Gasteiger charge is -2.08. The smallest absolute Gasteiger partial charge is 0.416 e. The van der Waals surface area contributed by atoms with Crippen LogP contribution >= 0.6 is 0 Å². The first-order valence-electron chi connectivity index (χ1n) is 4.85. The molecule has 0 atom stereocenters. The molecule has 0 bridgehead atoms. The lowest BCUT2D eigenvalue weighted by molar-refractivity contribution is -0.137. The number of carbonyl (C=O) groups is 1. The van der Waals surface area contributed by atoms with Gasteiger partial charge in [0.05, 0.1) is 5.56 Å². The van der Waals surface area contributed by atoms with Gasteiger partial charge in [0.1, 0.15) is 18.6 Å². The van der Waals surface area contributed by atoms with Gasteiger partial charge in [-0.1, -0.05) is 0 Å². The number of hydrogen-bond donors (Lipinski definition) is 0. The second-order valence-electron chi connectivity index (χ2n) is 3.40. The summed E-state index contributed by atoms with van der Waals surface area (Å²) in [5.74, 6) is 0.327. The minimum atomic E-state index is -4.34. The molecule has 0 aromatic heterocycles. The molecule has 17 heavy (non-hydrogen) atoms. The third kappa shape index (κ3) is 4.30. The fourth-order valence-corrected chi connectivity index (χ4v) is 1.06. The first kappa shape index (κ1) is 13.3. The maximum Gasteiger partial charge on any atom is 0.416 e. The molecule has 0 N–H and O–H groups in total. The zero-order valence-electron chi connectivity index (χ0n) is 9.12. The Labute approximate surface area is 96.7 Å². The van der Waals surface area contributed by atoms with E-state index in [1.807, 2.05) is 0 Å². The zero-order chi connectivity index (χ0) is 12.9. The van der Waals surface area contributed by atoms with Crippen LogP contribution in [0.5, 0.6) is 5.75 Å². The molecule has 0 heterocycles. The Hall–Kier alpha value is -1.78. The number of ether oxygens (including phenoxy) is 1. The first-order chi connectivity index (χ1) is 7.93. The van der Waals surface area contributed by atoms with E-state index in [1.54, 1.807) is 13.0 Å². The average molecular weight is 244 g/mol. The Morgan fingerprint density at radius 1 is 1.29 bits per heavy atom. The fourth-order valence-electron chi connectivity index (χ4n) is 1.06. The average Bonchev–Trinajstić information content (AvgIpc) is 2.28. The van der Waals surface area contributed by atoms with Crippen LogP contribution in [0.25, 0.3) is 0 Å². The van der Waals surface area contributed by atoms with E-state index in [4.69, 9.17) is 4.74 Å². The summed E-state index contributed by atoms with van der Waals surface area (Å²) in [4.78, 5) is 10.3. The molecule has 0 fully saturated rings. The highest BCUT2D eigenvalue weighted by Crippen LogP contribution is 2.30. The van der Waals surface area contributed by atoms with E-state index in [2.05, 4.69) is 0 Å². The number of allylic oxidation sites excluding steroid dienone is 1. The van der Waals surface area contributed by atoms with Crippen molar-refractivity contribution in [1.29, 1.82) is 0 Å². The normalized spacial score (nSPS) is 12.4. The lowest BCUT2D eigenvalue weighted by atomic mass is 10.2. The molecule has 0 unspecified atom stereocenters. The van der Waals surface area contributed by atoms with Crippen LogP contribution in [-0.4, -0.2) is 12.9 Å². The number of halogens is 3. The van der Waals surface area contributed by atoms with Gasteiger partial charge in [-0.25, -0.2) is 0 Å². The van der Waals surface area contributed by atoms with Crippen molar-refractivity contribution in [3.8, 4) is 5.75 Å². The van der Waals surface area contributed by atoms with Crippen molar-refractivity contribution in [2.75, 3.05) is 6.61 Å². The highest BCUT2D eigenvalue weighted by Gasteiger charge is 2.29. The summed E-state index contributed by atoms with van der Waals surface area (Å²) in [6.45, 7) is 1.76. The first-order valence-corrected chi connectivity index (χ1v) is 4.85. The monoisotopic (exact) mass is 244 g/mol. The van der Waals surface area contributed by atoms with Gasteiger partial charge in [0.15, 0.2) is 0 Å². The molecule has 0 aliphatic heterocycles. The number of aldehydes is 1. The maximum atomic E-state index is 12.2. The Kier molecular flexibility index (Phi) is 4.31. The predicted octanol–water partition coefficient (Wildman–Crippen LogP) is 3.23. The minimum absolute atomic E-state index is 0.149. The lowest BCUT2D eigenvalue weighted by Crippen LogP contribution is -2.04. The van der Waals surface area contributed by atoms with Crippen LogP contribution < -0.4 is 4.74 Å². The Morgan fingerprint density at radius 3 is 2.35 bits per heavy atom. The SMILES string of the molecule is C/C(C=O)=C\COc1ccc(C(F)(F)F)cc1. The molecule has 5 heteroatoms. The van der Waals surface area contributed by atoms with Gasteiger partial charge in [0.2, 0.25) is 0 Å². The third-order valence-electron chi connectivity index (χ3n) is 2.02. The van der Waals surface area contributed by atoms with E-state index in [-0.39, 0.29) is 6.61 Å². The Bertz CT molecular complexity index is 405. The summed E-state index contributed by atoms with van der Waals surface area (Å²) in [7, 11) is 0. The van der Waals surface area contributed by atoms with Gasteiger partial charge in [-0.15, -0.1) is 0 Å². The molecule has 0 aliphatic rings. The minimum Gasteiger partial charge on any atom is -0.490 e. The van der Waals surface area contributed by atoms with Crippen molar-refractivity contribution in [3.63, 3.8) is 0 Å². The Balaban J connectivity index is 2.60. The van der Waals surface area contributed by atoms with E-state index in [0.29, 0.717) is 17.6 Å². The van der Waals surface area contributed by atoms with Crippen LogP contribution in [0.15, 0.2) is 35.9 Å². The molecular formula is C12H11F3O2. The second-order valence-corrected chi connectivity index (χ2v) is 3.40. The van der Waals surface area contributed by atoms with Crippen molar-refractivity contribution < 1.29 is 22.7 Å². The maximum absolute atomic E-state index is 12.2. The quantitative estimate of drug-likeness (QED) is 0.600. The topological polar surface area (TPSA) is 26.3 Å². The standard InChI is InChI=1S/C12H11F3O2/c1-9(8-16)6-7-17-11-4-2-10(3-5-11)12(13,14)15/h2-6,8H,7H2,1H3/b9-6+. The molecule has 2 nitrogen and oxygen atoms in total. The summed E-state index contributed by atoms with van der Waals surface area (Å²) in [5, 5.41) is 0. The highest BCUT2D eigenvalue weighted by atomic mass is 19.4. The van der Waals surface area contributed by atoms with Crippen LogP contribution in [0.3, 0.4) is 0 Å².